The number of aryl methyl sites for hydroxylation is 2. The Bertz CT molecular complexity index is 573. The maximum absolute atomic E-state index is 8.97. The first-order chi connectivity index (χ1) is 8.83. The van der Waals surface area contributed by atoms with Crippen LogP contribution in [0.4, 0.5) is 0 Å². The van der Waals surface area contributed by atoms with Crippen molar-refractivity contribution in [3.8, 4) is 11.8 Å². The van der Waals surface area contributed by atoms with Crippen LogP contribution < -0.4 is 4.74 Å². The lowest BCUT2D eigenvalue weighted by Crippen LogP contribution is -1.96. The summed E-state index contributed by atoms with van der Waals surface area (Å²) in [5.74, 6) is 0.860. The largest absolute Gasteiger partial charge is 0.497 e. The van der Waals surface area contributed by atoms with Crippen molar-refractivity contribution in [3.63, 3.8) is 0 Å². The molecule has 0 aliphatic carbocycles. The number of hydrogen-bond donors (Lipinski definition) is 0. The number of rotatable bonds is 4. The van der Waals surface area contributed by atoms with E-state index in [1.54, 1.807) is 13.3 Å². The van der Waals surface area contributed by atoms with Crippen LogP contribution in [0, 0.1) is 11.3 Å². The summed E-state index contributed by atoms with van der Waals surface area (Å²) in [6.45, 7) is 0. The average molecular weight is 238 g/mol. The number of methoxy groups -OCH3 is 1. The molecule has 0 amide bonds. The van der Waals surface area contributed by atoms with Crippen LogP contribution in [-0.2, 0) is 12.8 Å². The van der Waals surface area contributed by atoms with Crippen molar-refractivity contribution in [3.05, 3.63) is 59.4 Å². The van der Waals surface area contributed by atoms with E-state index >= 15 is 0 Å². The zero-order valence-electron chi connectivity index (χ0n) is 10.3. The molecule has 3 heteroatoms. The number of ether oxygens (including phenoxy) is 1. The first-order valence-corrected chi connectivity index (χ1v) is 5.80. The second-order valence-corrected chi connectivity index (χ2v) is 3.97. The molecular weight excluding hydrogens is 224 g/mol. The molecule has 0 N–H and O–H groups in total. The molecule has 0 saturated heterocycles. The number of hydrogen-bond acceptors (Lipinski definition) is 3. The van der Waals surface area contributed by atoms with E-state index in [1.807, 2.05) is 30.3 Å². The molecule has 0 aliphatic rings. The number of nitrogens with zero attached hydrogens (tertiary/aromatic N) is 2. The fourth-order valence-corrected chi connectivity index (χ4v) is 1.85. The molecule has 2 aromatic rings. The lowest BCUT2D eigenvalue weighted by molar-refractivity contribution is 0.414. The van der Waals surface area contributed by atoms with Gasteiger partial charge in [0.25, 0.3) is 0 Å². The maximum atomic E-state index is 8.97. The number of benzene rings is 1. The summed E-state index contributed by atoms with van der Waals surface area (Å²) in [4.78, 5) is 4.06. The molecule has 0 atom stereocenters. The van der Waals surface area contributed by atoms with Crippen molar-refractivity contribution in [1.29, 1.82) is 5.26 Å². The Hall–Kier alpha value is -2.34. The topological polar surface area (TPSA) is 45.9 Å². The van der Waals surface area contributed by atoms with E-state index in [-0.39, 0.29) is 0 Å². The van der Waals surface area contributed by atoms with Crippen molar-refractivity contribution >= 4 is 0 Å². The summed E-state index contributed by atoms with van der Waals surface area (Å²) in [5.41, 5.74) is 2.70. The fourth-order valence-electron chi connectivity index (χ4n) is 1.85. The van der Waals surface area contributed by atoms with Crippen LogP contribution in [0.15, 0.2) is 42.6 Å². The molecule has 0 radical (unpaired) electrons. The molecule has 90 valence electrons. The van der Waals surface area contributed by atoms with Crippen molar-refractivity contribution in [2.45, 2.75) is 12.8 Å². The molecule has 3 nitrogen and oxygen atoms in total. The quantitative estimate of drug-likeness (QED) is 0.822. The van der Waals surface area contributed by atoms with Gasteiger partial charge in [-0.15, -0.1) is 0 Å². The molecule has 0 aliphatic heterocycles. The smallest absolute Gasteiger partial charge is 0.143 e. The Morgan fingerprint density at radius 2 is 2.11 bits per heavy atom. The molecule has 18 heavy (non-hydrogen) atoms. The normalized spacial score (nSPS) is 9.78. The van der Waals surface area contributed by atoms with Gasteiger partial charge in [0.15, 0.2) is 0 Å². The Morgan fingerprint density at radius 3 is 2.89 bits per heavy atom. The zero-order chi connectivity index (χ0) is 12.8. The highest BCUT2D eigenvalue weighted by atomic mass is 16.5. The summed E-state index contributed by atoms with van der Waals surface area (Å²) in [6, 6.07) is 13.9. The van der Waals surface area contributed by atoms with Gasteiger partial charge in [-0.1, -0.05) is 18.2 Å². The van der Waals surface area contributed by atoms with E-state index in [0.29, 0.717) is 5.69 Å². The van der Waals surface area contributed by atoms with Crippen LogP contribution in [0.2, 0.25) is 0 Å². The number of nitriles is 1. The monoisotopic (exact) mass is 238 g/mol. The first-order valence-electron chi connectivity index (χ1n) is 5.80. The standard InChI is InChI=1S/C15H14N2O/c1-18-14-6-2-4-12(10-14)7-8-13-5-3-9-17-15(13)11-16/h2-6,9-10H,7-8H2,1H3. The lowest BCUT2D eigenvalue weighted by atomic mass is 10.0. The highest BCUT2D eigenvalue weighted by molar-refractivity contribution is 5.33. The Balaban J connectivity index is 2.09. The highest BCUT2D eigenvalue weighted by Gasteiger charge is 2.03. The van der Waals surface area contributed by atoms with Crippen molar-refractivity contribution in [1.82, 2.24) is 4.98 Å². The Kier molecular flexibility index (Phi) is 3.93. The van der Waals surface area contributed by atoms with Crippen LogP contribution in [0.25, 0.3) is 0 Å². The molecule has 0 bridgehead atoms. The van der Waals surface area contributed by atoms with E-state index in [1.165, 1.54) is 5.56 Å². The van der Waals surface area contributed by atoms with Crippen LogP contribution in [0.1, 0.15) is 16.8 Å². The third-order valence-corrected chi connectivity index (χ3v) is 2.81. The molecular formula is C15H14N2O. The predicted octanol–water partition coefficient (Wildman–Crippen LogP) is 2.75. The third-order valence-electron chi connectivity index (χ3n) is 2.81. The van der Waals surface area contributed by atoms with Gasteiger partial charge in [-0.05, 0) is 42.2 Å². The van der Waals surface area contributed by atoms with Crippen LogP contribution in [0.3, 0.4) is 0 Å². The summed E-state index contributed by atoms with van der Waals surface area (Å²) < 4.78 is 5.19. The second kappa shape index (κ2) is 5.83. The van der Waals surface area contributed by atoms with Crippen molar-refractivity contribution < 1.29 is 4.74 Å². The molecule has 0 unspecified atom stereocenters. The minimum Gasteiger partial charge on any atom is -0.497 e. The average Bonchev–Trinajstić information content (AvgIpc) is 2.45. The summed E-state index contributed by atoms with van der Waals surface area (Å²) in [7, 11) is 1.66. The Morgan fingerprint density at radius 1 is 1.22 bits per heavy atom. The first kappa shape index (κ1) is 12.1. The van der Waals surface area contributed by atoms with Crippen molar-refractivity contribution in [2.75, 3.05) is 7.11 Å². The summed E-state index contributed by atoms with van der Waals surface area (Å²) in [5, 5.41) is 8.97. The SMILES string of the molecule is COc1cccc(CCc2cccnc2C#N)c1. The van der Waals surface area contributed by atoms with Gasteiger partial charge in [0.1, 0.15) is 17.5 Å². The molecule has 0 saturated carbocycles. The van der Waals surface area contributed by atoms with Crippen LogP contribution >= 0.6 is 0 Å². The van der Waals surface area contributed by atoms with Crippen LogP contribution in [0.5, 0.6) is 5.75 Å². The minimum absolute atomic E-state index is 0.514. The summed E-state index contributed by atoms with van der Waals surface area (Å²) in [6.07, 6.45) is 3.33. The van der Waals surface area contributed by atoms with Gasteiger partial charge in [-0.3, -0.25) is 0 Å². The molecule has 1 aromatic heterocycles. The van der Waals surface area contributed by atoms with E-state index in [9.17, 15) is 0 Å². The zero-order valence-corrected chi connectivity index (χ0v) is 10.3. The summed E-state index contributed by atoms with van der Waals surface area (Å²) >= 11 is 0. The highest BCUT2D eigenvalue weighted by Crippen LogP contribution is 2.15. The third kappa shape index (κ3) is 2.86. The van der Waals surface area contributed by atoms with E-state index in [0.717, 1.165) is 24.2 Å². The van der Waals surface area contributed by atoms with Gasteiger partial charge < -0.3 is 4.74 Å². The van der Waals surface area contributed by atoms with E-state index < -0.39 is 0 Å². The maximum Gasteiger partial charge on any atom is 0.143 e. The van der Waals surface area contributed by atoms with Gasteiger partial charge in [0.2, 0.25) is 0 Å². The van der Waals surface area contributed by atoms with Crippen molar-refractivity contribution in [2.24, 2.45) is 0 Å². The van der Waals surface area contributed by atoms with E-state index in [4.69, 9.17) is 10.00 Å². The van der Waals surface area contributed by atoms with Gasteiger partial charge in [0.05, 0.1) is 7.11 Å². The van der Waals surface area contributed by atoms with Gasteiger partial charge in [0, 0.05) is 6.20 Å². The van der Waals surface area contributed by atoms with Gasteiger partial charge in [-0.2, -0.15) is 5.26 Å². The molecule has 1 heterocycles. The molecule has 0 fully saturated rings. The lowest BCUT2D eigenvalue weighted by Gasteiger charge is -2.05. The van der Waals surface area contributed by atoms with Crippen LogP contribution in [-0.4, -0.2) is 12.1 Å². The second-order valence-electron chi connectivity index (χ2n) is 3.97. The fraction of sp³-hybridized carbons (Fsp3) is 0.200. The number of pyridine rings is 1. The molecule has 1 aromatic carbocycles. The van der Waals surface area contributed by atoms with Gasteiger partial charge in [-0.25, -0.2) is 4.98 Å². The minimum atomic E-state index is 0.514. The number of aromatic nitrogens is 1. The molecule has 0 spiro atoms. The molecule has 2 rings (SSSR count). The Labute approximate surface area is 107 Å². The van der Waals surface area contributed by atoms with Gasteiger partial charge >= 0.3 is 0 Å². The van der Waals surface area contributed by atoms with E-state index in [2.05, 4.69) is 17.1 Å². The predicted molar refractivity (Wildman–Crippen MR) is 69.4 cm³/mol.